The van der Waals surface area contributed by atoms with Crippen molar-refractivity contribution in [2.75, 3.05) is 27.2 Å². The average molecular weight is 651 g/mol. The molecule has 10 atom stereocenters. The number of nitrogens with one attached hydrogen (secondary N) is 1. The monoisotopic (exact) mass is 650 g/mol. The fourth-order valence-corrected chi connectivity index (χ4v) is 10.4. The summed E-state index contributed by atoms with van der Waals surface area (Å²) in [4.78, 5) is 62.9. The summed E-state index contributed by atoms with van der Waals surface area (Å²) >= 11 is 0. The first kappa shape index (κ1) is 35.5. The first-order valence-electron chi connectivity index (χ1n) is 17.5. The minimum Gasteiger partial charge on any atom is -0.462 e. The van der Waals surface area contributed by atoms with E-state index in [2.05, 4.69) is 31.0 Å². The highest BCUT2D eigenvalue weighted by atomic mass is 17.4. The molecule has 4 aliphatic carbocycles. The van der Waals surface area contributed by atoms with Gasteiger partial charge in [0.1, 0.15) is 12.2 Å². The standard InChI is InChI=1S/C35H58N2O9/c1-21(10-13-30(40)36-16-17-37(8)9)25-11-12-26-31-27(19-29(34(25,26)7)42-23(3)39)33(6)14-15-35(45-43-32(4,5)44-46-35)20-24(33)18-28(31)41-22(2)38/h21,24-29,31H,10-20H2,1-9H3,(H,36,40)/t21?,24-,25-,26?,27?,28-,29+,31?,33+,34-/m1/s1. The van der Waals surface area contributed by atoms with Crippen LogP contribution in [-0.2, 0) is 43.4 Å². The Kier molecular flexibility index (Phi) is 10.2. The lowest BCUT2D eigenvalue weighted by Crippen LogP contribution is -2.65. The van der Waals surface area contributed by atoms with E-state index in [9.17, 15) is 14.4 Å². The average Bonchev–Trinajstić information content (AvgIpc) is 3.32. The SMILES string of the molecule is CC(=O)O[C@H]1CC2C(C3CC[C@H](C(C)CCC(=O)NCCN(C)C)[C@]31C)[C@H](OC(C)=O)C[C@@H]1CC3(CC[C@]21C)OOC(C)(C)OO3. The quantitative estimate of drug-likeness (QED) is 0.264. The number of hydrogen-bond acceptors (Lipinski definition) is 10. The largest absolute Gasteiger partial charge is 0.462 e. The molecule has 1 amide bonds. The number of fused-ring (bicyclic) bond motifs is 5. The van der Waals surface area contributed by atoms with Crippen LogP contribution in [-0.4, -0.2) is 73.7 Å². The molecule has 1 aliphatic heterocycles. The van der Waals surface area contributed by atoms with E-state index in [1.54, 1.807) is 13.8 Å². The van der Waals surface area contributed by atoms with Crippen LogP contribution in [0, 0.1) is 46.3 Å². The third-order valence-electron chi connectivity index (χ3n) is 12.6. The van der Waals surface area contributed by atoms with Gasteiger partial charge in [0.15, 0.2) is 0 Å². The van der Waals surface area contributed by atoms with Gasteiger partial charge in [-0.2, -0.15) is 19.6 Å². The second kappa shape index (κ2) is 13.3. The first-order chi connectivity index (χ1) is 21.5. The highest BCUT2D eigenvalue weighted by Gasteiger charge is 2.69. The predicted octanol–water partition coefficient (Wildman–Crippen LogP) is 5.17. The Balaban J connectivity index is 1.40. The Hall–Kier alpha value is -1.79. The van der Waals surface area contributed by atoms with E-state index in [-0.39, 0.29) is 76.4 Å². The van der Waals surface area contributed by atoms with E-state index < -0.39 is 11.6 Å². The second-order valence-corrected chi connectivity index (χ2v) is 16.3. The number of ether oxygens (including phenoxy) is 2. The van der Waals surface area contributed by atoms with Crippen molar-refractivity contribution in [3.05, 3.63) is 0 Å². The van der Waals surface area contributed by atoms with Gasteiger partial charge in [0.25, 0.3) is 0 Å². The topological polar surface area (TPSA) is 122 Å². The van der Waals surface area contributed by atoms with Gasteiger partial charge in [-0.05, 0) is 101 Å². The molecule has 0 bridgehead atoms. The summed E-state index contributed by atoms with van der Waals surface area (Å²) in [6, 6.07) is 0. The lowest BCUT2D eigenvalue weighted by Gasteiger charge is -2.65. The van der Waals surface area contributed by atoms with Crippen LogP contribution in [0.1, 0.15) is 106 Å². The van der Waals surface area contributed by atoms with E-state index in [4.69, 9.17) is 29.0 Å². The number of amides is 1. The lowest BCUT2D eigenvalue weighted by molar-refractivity contribution is -0.656. The molecule has 5 fully saturated rings. The van der Waals surface area contributed by atoms with Crippen molar-refractivity contribution >= 4 is 17.8 Å². The highest BCUT2D eigenvalue weighted by molar-refractivity contribution is 5.75. The Bertz CT molecular complexity index is 1140. The molecule has 0 aromatic rings. The highest BCUT2D eigenvalue weighted by Crippen LogP contribution is 2.70. The van der Waals surface area contributed by atoms with Gasteiger partial charge in [0.05, 0.1) is 0 Å². The molecule has 11 nitrogen and oxygen atoms in total. The molecule has 0 radical (unpaired) electrons. The number of nitrogens with zero attached hydrogens (tertiary/aromatic N) is 1. The molecule has 46 heavy (non-hydrogen) atoms. The molecule has 4 unspecified atom stereocenters. The zero-order valence-corrected chi connectivity index (χ0v) is 29.5. The van der Waals surface area contributed by atoms with Crippen molar-refractivity contribution < 1.29 is 43.4 Å². The Morgan fingerprint density at radius 3 is 2.22 bits per heavy atom. The normalized spacial score (nSPS) is 39.9. The number of rotatable bonds is 9. The van der Waals surface area contributed by atoms with Crippen molar-refractivity contribution in [3.8, 4) is 0 Å². The third-order valence-corrected chi connectivity index (χ3v) is 12.6. The maximum absolute atomic E-state index is 12.7. The van der Waals surface area contributed by atoms with Crippen LogP contribution in [0.15, 0.2) is 0 Å². The van der Waals surface area contributed by atoms with Gasteiger partial charge in [0, 0.05) is 57.5 Å². The van der Waals surface area contributed by atoms with Crippen molar-refractivity contribution in [3.63, 3.8) is 0 Å². The van der Waals surface area contributed by atoms with E-state index in [0.717, 1.165) is 32.2 Å². The maximum atomic E-state index is 12.7. The molecular formula is C35H58N2O9. The Morgan fingerprint density at radius 1 is 0.913 bits per heavy atom. The van der Waals surface area contributed by atoms with Crippen LogP contribution in [0.2, 0.25) is 0 Å². The number of hydrogen-bond donors (Lipinski definition) is 1. The van der Waals surface area contributed by atoms with Crippen LogP contribution in [0.4, 0.5) is 0 Å². The number of carbonyl (C=O) groups excluding carboxylic acids is 3. The van der Waals surface area contributed by atoms with Crippen LogP contribution < -0.4 is 5.32 Å². The Morgan fingerprint density at radius 2 is 1.59 bits per heavy atom. The van der Waals surface area contributed by atoms with Gasteiger partial charge < -0.3 is 19.7 Å². The smallest absolute Gasteiger partial charge is 0.302 e. The zero-order chi connectivity index (χ0) is 33.7. The van der Waals surface area contributed by atoms with E-state index in [1.807, 2.05) is 14.1 Å². The molecular weight excluding hydrogens is 592 g/mol. The molecule has 1 saturated heterocycles. The third kappa shape index (κ3) is 6.86. The molecule has 5 aliphatic rings. The van der Waals surface area contributed by atoms with Gasteiger partial charge in [-0.1, -0.05) is 20.8 Å². The molecule has 11 heteroatoms. The summed E-state index contributed by atoms with van der Waals surface area (Å²) in [5, 5.41) is 3.05. The van der Waals surface area contributed by atoms with Crippen LogP contribution in [0.3, 0.4) is 0 Å². The van der Waals surface area contributed by atoms with Crippen molar-refractivity contribution in [2.24, 2.45) is 46.3 Å². The molecule has 262 valence electrons. The molecule has 1 heterocycles. The van der Waals surface area contributed by atoms with Gasteiger partial charge in [0.2, 0.25) is 17.5 Å². The van der Waals surface area contributed by atoms with Crippen LogP contribution in [0.25, 0.3) is 0 Å². The molecule has 1 N–H and O–H groups in total. The number of esters is 2. The van der Waals surface area contributed by atoms with Crippen LogP contribution >= 0.6 is 0 Å². The van der Waals surface area contributed by atoms with E-state index >= 15 is 0 Å². The maximum Gasteiger partial charge on any atom is 0.302 e. The van der Waals surface area contributed by atoms with E-state index in [1.165, 1.54) is 13.8 Å². The number of carbonyl (C=O) groups is 3. The van der Waals surface area contributed by atoms with Crippen molar-refractivity contribution in [1.29, 1.82) is 0 Å². The summed E-state index contributed by atoms with van der Waals surface area (Å²) in [5.41, 5.74) is -0.408. The fraction of sp³-hybridized carbons (Fsp3) is 0.914. The van der Waals surface area contributed by atoms with E-state index in [0.29, 0.717) is 38.6 Å². The number of likely N-dealkylation sites (N-methyl/N-ethyl adjacent to an activating group) is 1. The summed E-state index contributed by atoms with van der Waals surface area (Å²) < 4.78 is 12.5. The minimum absolute atomic E-state index is 0.0789. The second-order valence-electron chi connectivity index (χ2n) is 16.3. The predicted molar refractivity (Wildman–Crippen MR) is 168 cm³/mol. The summed E-state index contributed by atoms with van der Waals surface area (Å²) in [6.45, 7) is 14.8. The van der Waals surface area contributed by atoms with Gasteiger partial charge in [-0.3, -0.25) is 14.4 Å². The van der Waals surface area contributed by atoms with Crippen molar-refractivity contribution in [1.82, 2.24) is 10.2 Å². The van der Waals surface area contributed by atoms with Gasteiger partial charge in [-0.25, -0.2) is 0 Å². The zero-order valence-electron chi connectivity index (χ0n) is 29.5. The molecule has 0 aromatic heterocycles. The summed E-state index contributed by atoms with van der Waals surface area (Å²) in [5.74, 6) is -1.29. The Labute approximate surface area is 274 Å². The molecule has 4 saturated carbocycles. The van der Waals surface area contributed by atoms with Gasteiger partial charge >= 0.3 is 11.9 Å². The van der Waals surface area contributed by atoms with Crippen LogP contribution in [0.5, 0.6) is 0 Å². The fourth-order valence-electron chi connectivity index (χ4n) is 10.4. The lowest BCUT2D eigenvalue weighted by atomic mass is 9.42. The molecule has 0 aromatic carbocycles. The molecule has 5 rings (SSSR count). The van der Waals surface area contributed by atoms with Crippen molar-refractivity contribution in [2.45, 2.75) is 130 Å². The van der Waals surface area contributed by atoms with Gasteiger partial charge in [-0.15, -0.1) is 0 Å². The summed E-state index contributed by atoms with van der Waals surface area (Å²) in [6.07, 6.45) is 6.08. The summed E-state index contributed by atoms with van der Waals surface area (Å²) in [7, 11) is 3.99. The minimum atomic E-state index is -1.02. The molecule has 1 spiro atoms. The first-order valence-corrected chi connectivity index (χ1v) is 17.5.